The zero-order valence-corrected chi connectivity index (χ0v) is 12.3. The summed E-state index contributed by atoms with van der Waals surface area (Å²) in [7, 11) is 0. The monoisotopic (exact) mass is 318 g/mol. The Balaban J connectivity index is 1.89. The van der Waals surface area contributed by atoms with Crippen molar-refractivity contribution in [3.63, 3.8) is 0 Å². The van der Waals surface area contributed by atoms with Crippen LogP contribution >= 0.6 is 15.9 Å². The van der Waals surface area contributed by atoms with Crippen molar-refractivity contribution < 1.29 is 4.39 Å². The summed E-state index contributed by atoms with van der Waals surface area (Å²) in [6, 6.07) is 13.6. The topological polar surface area (TPSA) is 0 Å². The molecule has 0 radical (unpaired) electrons. The van der Waals surface area contributed by atoms with Crippen molar-refractivity contribution in [1.82, 2.24) is 0 Å². The molecule has 0 spiro atoms. The van der Waals surface area contributed by atoms with Crippen LogP contribution in [0.5, 0.6) is 0 Å². The average Bonchev–Trinajstić information content (AvgIpc) is 2.93. The summed E-state index contributed by atoms with van der Waals surface area (Å²) in [4.78, 5) is 0. The van der Waals surface area contributed by atoms with Crippen molar-refractivity contribution in [2.75, 3.05) is 0 Å². The van der Waals surface area contributed by atoms with Gasteiger partial charge in [-0.15, -0.1) is 0 Å². The van der Waals surface area contributed by atoms with Gasteiger partial charge in [0.2, 0.25) is 0 Å². The van der Waals surface area contributed by atoms with Crippen molar-refractivity contribution in [3.05, 3.63) is 58.3 Å². The maximum absolute atomic E-state index is 13.9. The molecular formula is C17H16BrF. The molecule has 1 fully saturated rings. The summed E-state index contributed by atoms with van der Waals surface area (Å²) in [6.07, 6.45) is 5.28. The molecule has 0 amide bonds. The third-order valence-corrected chi connectivity index (χ3v) is 4.47. The van der Waals surface area contributed by atoms with Crippen molar-refractivity contribution >= 4 is 15.9 Å². The zero-order valence-electron chi connectivity index (χ0n) is 10.7. The zero-order chi connectivity index (χ0) is 13.2. The summed E-state index contributed by atoms with van der Waals surface area (Å²) < 4.78 is 14.7. The first kappa shape index (κ1) is 12.9. The van der Waals surface area contributed by atoms with Crippen molar-refractivity contribution in [2.45, 2.75) is 31.6 Å². The Morgan fingerprint density at radius 2 is 1.63 bits per heavy atom. The van der Waals surface area contributed by atoms with Gasteiger partial charge in [0.25, 0.3) is 0 Å². The van der Waals surface area contributed by atoms with E-state index in [2.05, 4.69) is 28.1 Å². The smallest absolute Gasteiger partial charge is 0.132 e. The molecule has 0 aromatic heterocycles. The number of hydrogen-bond acceptors (Lipinski definition) is 0. The van der Waals surface area contributed by atoms with Gasteiger partial charge in [-0.3, -0.25) is 0 Å². The summed E-state index contributed by atoms with van der Waals surface area (Å²) in [6.45, 7) is 0. The van der Waals surface area contributed by atoms with Crippen LogP contribution in [-0.2, 0) is 0 Å². The van der Waals surface area contributed by atoms with Crippen molar-refractivity contribution in [2.24, 2.45) is 0 Å². The van der Waals surface area contributed by atoms with Gasteiger partial charge in [0.15, 0.2) is 0 Å². The van der Waals surface area contributed by atoms with E-state index in [0.29, 0.717) is 11.5 Å². The highest BCUT2D eigenvalue weighted by Gasteiger charge is 2.16. The minimum atomic E-state index is -0.178. The van der Waals surface area contributed by atoms with E-state index in [1.165, 1.54) is 37.3 Å². The molecule has 0 aliphatic heterocycles. The largest absolute Gasteiger partial charge is 0.206 e. The van der Waals surface area contributed by atoms with E-state index in [4.69, 9.17) is 0 Å². The third-order valence-electron chi connectivity index (χ3n) is 3.98. The second kappa shape index (κ2) is 5.46. The van der Waals surface area contributed by atoms with Crippen LogP contribution in [0.15, 0.2) is 46.9 Å². The molecule has 0 bridgehead atoms. The van der Waals surface area contributed by atoms with E-state index in [1.54, 1.807) is 0 Å². The summed E-state index contributed by atoms with van der Waals surface area (Å²) in [5.74, 6) is 0.534. The molecule has 1 aliphatic rings. The summed E-state index contributed by atoms with van der Waals surface area (Å²) in [5, 5.41) is 0. The van der Waals surface area contributed by atoms with E-state index in [1.807, 2.05) is 24.3 Å². The Morgan fingerprint density at radius 3 is 2.26 bits per heavy atom. The van der Waals surface area contributed by atoms with Gasteiger partial charge >= 0.3 is 0 Å². The molecule has 0 N–H and O–H groups in total. The van der Waals surface area contributed by atoms with E-state index >= 15 is 0 Å². The number of benzene rings is 2. The molecule has 1 saturated carbocycles. The Morgan fingerprint density at radius 1 is 0.947 bits per heavy atom. The predicted octanol–water partition coefficient (Wildman–Crippen LogP) is 5.91. The number of halogens is 2. The molecule has 2 heteroatoms. The van der Waals surface area contributed by atoms with Crippen LogP contribution < -0.4 is 0 Å². The Kier molecular flexibility index (Phi) is 3.69. The molecule has 0 atom stereocenters. The maximum Gasteiger partial charge on any atom is 0.132 e. The Bertz CT molecular complexity index is 568. The predicted molar refractivity (Wildman–Crippen MR) is 80.7 cm³/mol. The van der Waals surface area contributed by atoms with Gasteiger partial charge in [0.1, 0.15) is 5.82 Å². The van der Waals surface area contributed by atoms with Crippen LogP contribution in [-0.4, -0.2) is 0 Å². The van der Waals surface area contributed by atoms with Crippen molar-refractivity contribution in [3.8, 4) is 11.1 Å². The molecular weight excluding hydrogens is 303 g/mol. The fourth-order valence-electron chi connectivity index (χ4n) is 2.92. The Hall–Kier alpha value is -1.15. The standard InChI is InChI=1S/C17H16BrF/c18-15-9-10-16(17(19)11-15)14-7-5-13(6-8-14)12-3-1-2-4-12/h5-12H,1-4H2. The van der Waals surface area contributed by atoms with Gasteiger partial charge in [-0.2, -0.15) is 0 Å². The van der Waals surface area contributed by atoms with Gasteiger partial charge in [-0.1, -0.05) is 59.1 Å². The molecule has 3 rings (SSSR count). The second-order valence-electron chi connectivity index (χ2n) is 5.23. The Labute approximate surface area is 121 Å². The SMILES string of the molecule is Fc1cc(Br)ccc1-c1ccc(C2CCCC2)cc1. The van der Waals surface area contributed by atoms with E-state index in [9.17, 15) is 4.39 Å². The van der Waals surface area contributed by atoms with Gasteiger partial charge in [-0.05, 0) is 42.0 Å². The van der Waals surface area contributed by atoms with Crippen LogP contribution in [0.25, 0.3) is 11.1 Å². The minimum absolute atomic E-state index is 0.178. The highest BCUT2D eigenvalue weighted by molar-refractivity contribution is 9.10. The fourth-order valence-corrected chi connectivity index (χ4v) is 3.25. The van der Waals surface area contributed by atoms with Crippen LogP contribution in [0.4, 0.5) is 4.39 Å². The van der Waals surface area contributed by atoms with E-state index in [0.717, 1.165) is 10.0 Å². The first-order valence-electron chi connectivity index (χ1n) is 6.79. The lowest BCUT2D eigenvalue weighted by Crippen LogP contribution is -1.92. The molecule has 2 aromatic rings. The number of rotatable bonds is 2. The quantitative estimate of drug-likeness (QED) is 0.645. The molecule has 0 nitrogen and oxygen atoms in total. The van der Waals surface area contributed by atoms with E-state index in [-0.39, 0.29) is 5.82 Å². The highest BCUT2D eigenvalue weighted by Crippen LogP contribution is 2.35. The van der Waals surface area contributed by atoms with Gasteiger partial charge in [-0.25, -0.2) is 4.39 Å². The van der Waals surface area contributed by atoms with Gasteiger partial charge in [0.05, 0.1) is 0 Å². The van der Waals surface area contributed by atoms with E-state index < -0.39 is 0 Å². The molecule has 0 saturated heterocycles. The average molecular weight is 319 g/mol. The molecule has 2 aromatic carbocycles. The third kappa shape index (κ3) is 2.74. The molecule has 0 heterocycles. The minimum Gasteiger partial charge on any atom is -0.206 e. The normalized spacial score (nSPS) is 15.9. The molecule has 0 unspecified atom stereocenters. The lowest BCUT2D eigenvalue weighted by Gasteiger charge is -2.11. The first-order chi connectivity index (χ1) is 9.24. The summed E-state index contributed by atoms with van der Waals surface area (Å²) in [5.41, 5.74) is 3.02. The summed E-state index contributed by atoms with van der Waals surface area (Å²) >= 11 is 3.29. The maximum atomic E-state index is 13.9. The van der Waals surface area contributed by atoms with Crippen LogP contribution in [0, 0.1) is 5.82 Å². The fraction of sp³-hybridized carbons (Fsp3) is 0.294. The lowest BCUT2D eigenvalue weighted by molar-refractivity contribution is 0.630. The molecule has 98 valence electrons. The van der Waals surface area contributed by atoms with Crippen LogP contribution in [0.3, 0.4) is 0 Å². The molecule has 19 heavy (non-hydrogen) atoms. The molecule has 1 aliphatic carbocycles. The van der Waals surface area contributed by atoms with Gasteiger partial charge < -0.3 is 0 Å². The van der Waals surface area contributed by atoms with Gasteiger partial charge in [0, 0.05) is 10.0 Å². The number of hydrogen-bond donors (Lipinski definition) is 0. The first-order valence-corrected chi connectivity index (χ1v) is 7.59. The van der Waals surface area contributed by atoms with Crippen molar-refractivity contribution in [1.29, 1.82) is 0 Å². The highest BCUT2D eigenvalue weighted by atomic mass is 79.9. The van der Waals surface area contributed by atoms with Crippen LogP contribution in [0.2, 0.25) is 0 Å². The lowest BCUT2D eigenvalue weighted by atomic mass is 9.95. The van der Waals surface area contributed by atoms with Crippen LogP contribution in [0.1, 0.15) is 37.2 Å². The second-order valence-corrected chi connectivity index (χ2v) is 6.14.